The van der Waals surface area contributed by atoms with E-state index in [2.05, 4.69) is 56.5 Å². The molecule has 1 saturated carbocycles. The number of benzene rings is 2. The normalized spacial score (nSPS) is 18.8. The van der Waals surface area contributed by atoms with Crippen LogP contribution in [0.5, 0.6) is 0 Å². The molecule has 2 saturated heterocycles. The Labute approximate surface area is 244 Å². The summed E-state index contributed by atoms with van der Waals surface area (Å²) >= 11 is 0. The number of piperazine rings is 1. The predicted octanol–water partition coefficient (Wildman–Crippen LogP) is 4.63. The van der Waals surface area contributed by atoms with Crippen LogP contribution >= 0.6 is 0 Å². The summed E-state index contributed by atoms with van der Waals surface area (Å²) in [4.78, 5) is 45.0. The fraction of sp³-hybridized carbons (Fsp3) is 0.545. The second kappa shape index (κ2) is 14.0. The number of rotatable bonds is 9. The number of likely N-dealkylation sites (tertiary alicyclic amines) is 1. The third-order valence-electron chi connectivity index (χ3n) is 8.84. The number of hydrogen-bond acceptors (Lipinski definition) is 6. The molecule has 2 amide bonds. The summed E-state index contributed by atoms with van der Waals surface area (Å²) in [5.41, 5.74) is 4.81. The zero-order valence-electron chi connectivity index (χ0n) is 24.5. The third kappa shape index (κ3) is 7.67. The molecule has 2 aromatic rings. The number of hydrogen-bond donors (Lipinski definition) is 2. The van der Waals surface area contributed by atoms with Crippen LogP contribution in [0.4, 0.5) is 17.1 Å². The van der Waals surface area contributed by atoms with Crippen molar-refractivity contribution in [1.82, 2.24) is 10.2 Å². The molecule has 3 fully saturated rings. The molecular formula is C33H45N5O3. The van der Waals surface area contributed by atoms with Gasteiger partial charge in [-0.25, -0.2) is 0 Å². The average Bonchev–Trinajstić information content (AvgIpc) is 3.00. The highest BCUT2D eigenvalue weighted by molar-refractivity contribution is 6.00. The van der Waals surface area contributed by atoms with Crippen molar-refractivity contribution in [1.29, 1.82) is 0 Å². The first-order valence-corrected chi connectivity index (χ1v) is 15.5. The summed E-state index contributed by atoms with van der Waals surface area (Å²) in [6.45, 7) is 8.45. The Morgan fingerprint density at radius 2 is 1.61 bits per heavy atom. The molecule has 1 aliphatic carbocycles. The largest absolute Gasteiger partial charge is 0.368 e. The average molecular weight is 560 g/mol. The number of para-hydroxylation sites is 1. The van der Waals surface area contributed by atoms with Gasteiger partial charge in [-0.1, -0.05) is 37.5 Å². The topological polar surface area (TPSA) is 85.0 Å². The van der Waals surface area contributed by atoms with Crippen molar-refractivity contribution in [3.8, 4) is 0 Å². The van der Waals surface area contributed by atoms with E-state index < -0.39 is 0 Å². The molecule has 41 heavy (non-hydrogen) atoms. The minimum absolute atomic E-state index is 0.0358. The van der Waals surface area contributed by atoms with Crippen LogP contribution in [0.25, 0.3) is 0 Å². The predicted molar refractivity (Wildman–Crippen MR) is 165 cm³/mol. The Hall–Kier alpha value is -3.39. The molecule has 0 spiro atoms. The Kier molecular flexibility index (Phi) is 9.93. The van der Waals surface area contributed by atoms with Gasteiger partial charge in [-0.3, -0.25) is 19.3 Å². The summed E-state index contributed by atoms with van der Waals surface area (Å²) < 4.78 is 0. The number of carbonyl (C=O) groups excluding carboxylic acids is 3. The van der Waals surface area contributed by atoms with E-state index in [1.165, 1.54) is 17.7 Å². The molecule has 0 atom stereocenters. The van der Waals surface area contributed by atoms with Gasteiger partial charge >= 0.3 is 0 Å². The van der Waals surface area contributed by atoms with Crippen LogP contribution in [-0.4, -0.2) is 74.9 Å². The van der Waals surface area contributed by atoms with Crippen molar-refractivity contribution in [3.05, 3.63) is 53.6 Å². The Morgan fingerprint density at radius 1 is 0.878 bits per heavy atom. The standard InChI is InChI=1S/C33H45N5O3/c1-25-9-5-6-13-30(25)37-19-21-38(22-20-37)31-15-14-27(23-29(31)35-33(41)26-10-3-2-4-11-26)32(40)34-16-8-18-36-17-7-12-28(39)24-36/h5-6,9,13-15,23,26H,2-4,7-8,10-12,16-22,24H2,1H3,(H,34,40)(H,35,41). The minimum atomic E-state index is -0.135. The van der Waals surface area contributed by atoms with Gasteiger partial charge in [-0.15, -0.1) is 0 Å². The van der Waals surface area contributed by atoms with Crippen LogP contribution < -0.4 is 20.4 Å². The molecule has 3 aliphatic rings. The quantitative estimate of drug-likeness (QED) is 0.436. The van der Waals surface area contributed by atoms with E-state index >= 15 is 0 Å². The van der Waals surface area contributed by atoms with Crippen molar-refractivity contribution in [2.24, 2.45) is 5.92 Å². The molecule has 8 nitrogen and oxygen atoms in total. The number of carbonyl (C=O) groups is 3. The third-order valence-corrected chi connectivity index (χ3v) is 8.84. The molecule has 2 aliphatic heterocycles. The van der Waals surface area contributed by atoms with Crippen LogP contribution in [0, 0.1) is 12.8 Å². The summed E-state index contributed by atoms with van der Waals surface area (Å²) in [6.07, 6.45) is 7.66. The van der Waals surface area contributed by atoms with E-state index in [-0.39, 0.29) is 17.7 Å². The molecule has 0 unspecified atom stereocenters. The lowest BCUT2D eigenvalue weighted by Crippen LogP contribution is -2.47. The molecule has 5 rings (SSSR count). The van der Waals surface area contributed by atoms with Gasteiger partial charge in [0, 0.05) is 62.9 Å². The van der Waals surface area contributed by atoms with E-state index in [4.69, 9.17) is 0 Å². The molecule has 2 N–H and O–H groups in total. The Bertz CT molecular complexity index is 1220. The Balaban J connectivity index is 1.24. The molecule has 0 aromatic heterocycles. The highest BCUT2D eigenvalue weighted by Crippen LogP contribution is 2.32. The van der Waals surface area contributed by atoms with E-state index in [0.29, 0.717) is 30.9 Å². The maximum Gasteiger partial charge on any atom is 0.251 e. The summed E-state index contributed by atoms with van der Waals surface area (Å²) in [5.74, 6) is 0.273. The highest BCUT2D eigenvalue weighted by atomic mass is 16.2. The van der Waals surface area contributed by atoms with E-state index in [1.807, 2.05) is 18.2 Å². The molecule has 2 aromatic carbocycles. The summed E-state index contributed by atoms with van der Waals surface area (Å²) in [5, 5.41) is 6.26. The van der Waals surface area contributed by atoms with Gasteiger partial charge in [0.2, 0.25) is 5.91 Å². The van der Waals surface area contributed by atoms with Crippen LogP contribution in [-0.2, 0) is 9.59 Å². The van der Waals surface area contributed by atoms with Crippen molar-refractivity contribution < 1.29 is 14.4 Å². The number of nitrogens with one attached hydrogen (secondary N) is 2. The first kappa shape index (κ1) is 29.1. The molecule has 8 heteroatoms. The molecule has 0 radical (unpaired) electrons. The van der Waals surface area contributed by atoms with E-state index in [1.54, 1.807) is 0 Å². The van der Waals surface area contributed by atoms with Gasteiger partial charge < -0.3 is 20.4 Å². The van der Waals surface area contributed by atoms with Crippen molar-refractivity contribution in [2.75, 3.05) is 67.5 Å². The number of ketones is 1. The second-order valence-electron chi connectivity index (χ2n) is 11.8. The summed E-state index contributed by atoms with van der Waals surface area (Å²) in [6, 6.07) is 14.2. The monoisotopic (exact) mass is 559 g/mol. The summed E-state index contributed by atoms with van der Waals surface area (Å²) in [7, 11) is 0. The lowest BCUT2D eigenvalue weighted by atomic mass is 9.88. The van der Waals surface area contributed by atoms with Crippen molar-refractivity contribution in [3.63, 3.8) is 0 Å². The molecule has 0 bridgehead atoms. The molecular weight excluding hydrogens is 514 g/mol. The smallest absolute Gasteiger partial charge is 0.251 e. The van der Waals surface area contributed by atoms with Gasteiger partial charge in [0.05, 0.1) is 17.9 Å². The van der Waals surface area contributed by atoms with Gasteiger partial charge in [0.25, 0.3) is 5.91 Å². The van der Waals surface area contributed by atoms with E-state index in [0.717, 1.165) is 89.2 Å². The highest BCUT2D eigenvalue weighted by Gasteiger charge is 2.25. The lowest BCUT2D eigenvalue weighted by molar-refractivity contribution is -0.122. The Morgan fingerprint density at radius 3 is 2.34 bits per heavy atom. The molecule has 220 valence electrons. The van der Waals surface area contributed by atoms with E-state index in [9.17, 15) is 14.4 Å². The van der Waals surface area contributed by atoms with Gasteiger partial charge in [0.1, 0.15) is 5.78 Å². The van der Waals surface area contributed by atoms with Crippen LogP contribution in [0.1, 0.15) is 67.3 Å². The van der Waals surface area contributed by atoms with Crippen molar-refractivity contribution >= 4 is 34.7 Å². The SMILES string of the molecule is Cc1ccccc1N1CCN(c2ccc(C(=O)NCCCN3CCCC(=O)C3)cc2NC(=O)C2CCCCC2)CC1. The maximum atomic E-state index is 13.3. The lowest BCUT2D eigenvalue weighted by Gasteiger charge is -2.38. The minimum Gasteiger partial charge on any atom is -0.368 e. The fourth-order valence-corrected chi connectivity index (χ4v) is 6.46. The number of nitrogens with zero attached hydrogens (tertiary/aromatic N) is 3. The first-order valence-electron chi connectivity index (χ1n) is 15.5. The number of aryl methyl sites for hydroxylation is 1. The number of anilines is 3. The zero-order valence-corrected chi connectivity index (χ0v) is 24.5. The van der Waals surface area contributed by atoms with Gasteiger partial charge in [0.15, 0.2) is 0 Å². The second-order valence-corrected chi connectivity index (χ2v) is 11.8. The first-order chi connectivity index (χ1) is 20.0. The van der Waals surface area contributed by atoms with Crippen molar-refractivity contribution in [2.45, 2.75) is 58.3 Å². The fourth-order valence-electron chi connectivity index (χ4n) is 6.46. The molecule has 2 heterocycles. The number of Topliss-reactive ketones (excluding diaryl/α,β-unsaturated/α-hetero) is 1. The van der Waals surface area contributed by atoms with Crippen LogP contribution in [0.3, 0.4) is 0 Å². The van der Waals surface area contributed by atoms with Gasteiger partial charge in [-0.2, -0.15) is 0 Å². The van der Waals surface area contributed by atoms with Crippen LogP contribution in [0.15, 0.2) is 42.5 Å². The van der Waals surface area contributed by atoms with Gasteiger partial charge in [-0.05, 0) is 69.0 Å². The maximum absolute atomic E-state index is 13.3. The number of amides is 2. The van der Waals surface area contributed by atoms with Crippen LogP contribution in [0.2, 0.25) is 0 Å². The number of piperidine rings is 1. The zero-order chi connectivity index (χ0) is 28.6.